The molecule has 0 aliphatic rings. The largest absolute Gasteiger partial charge is 0.508 e. The van der Waals surface area contributed by atoms with Crippen molar-refractivity contribution in [1.29, 1.82) is 0 Å². The van der Waals surface area contributed by atoms with E-state index in [0.717, 1.165) is 16.0 Å². The van der Waals surface area contributed by atoms with Gasteiger partial charge < -0.3 is 15.5 Å². The monoisotopic (exact) mass is 305 g/mol. The number of carbonyl (C=O) groups is 1. The van der Waals surface area contributed by atoms with E-state index in [1.54, 1.807) is 6.07 Å². The predicted octanol–water partition coefficient (Wildman–Crippen LogP) is 3.63. The standard InChI is InChI=1S/C16H19NO3S/c1-10-5-6-12(14(18)8-10)11(2)17-13(9-16(19)20)15-4-3-7-21-15/h3-8,11,13,17-18H,9H2,1-2H3,(H,19,20). The fourth-order valence-corrected chi connectivity index (χ4v) is 3.10. The van der Waals surface area contributed by atoms with Gasteiger partial charge in [0.15, 0.2) is 0 Å². The van der Waals surface area contributed by atoms with Crippen LogP contribution < -0.4 is 5.32 Å². The first-order chi connectivity index (χ1) is 9.97. The third-order valence-electron chi connectivity index (χ3n) is 3.37. The molecular weight excluding hydrogens is 286 g/mol. The first-order valence-electron chi connectivity index (χ1n) is 6.78. The molecule has 2 aromatic rings. The number of phenolic OH excluding ortho intramolecular Hbond substituents is 1. The maximum atomic E-state index is 11.0. The highest BCUT2D eigenvalue weighted by Crippen LogP contribution is 2.29. The molecule has 1 aromatic carbocycles. The van der Waals surface area contributed by atoms with Gasteiger partial charge in [0.1, 0.15) is 5.75 Å². The zero-order valence-corrected chi connectivity index (χ0v) is 12.9. The molecule has 4 nitrogen and oxygen atoms in total. The SMILES string of the molecule is Cc1ccc(C(C)NC(CC(=O)O)c2cccs2)c(O)c1. The lowest BCUT2D eigenvalue weighted by atomic mass is 10.0. The van der Waals surface area contributed by atoms with Crippen molar-refractivity contribution >= 4 is 17.3 Å². The second-order valence-corrected chi connectivity index (χ2v) is 6.10. The Balaban J connectivity index is 2.17. The van der Waals surface area contributed by atoms with Gasteiger partial charge in [0, 0.05) is 16.5 Å². The van der Waals surface area contributed by atoms with Gasteiger partial charge in [-0.1, -0.05) is 18.2 Å². The molecule has 3 N–H and O–H groups in total. The lowest BCUT2D eigenvalue weighted by Crippen LogP contribution is -2.26. The van der Waals surface area contributed by atoms with Gasteiger partial charge in [-0.25, -0.2) is 0 Å². The Morgan fingerprint density at radius 3 is 2.71 bits per heavy atom. The van der Waals surface area contributed by atoms with Crippen LogP contribution in [-0.4, -0.2) is 16.2 Å². The van der Waals surface area contributed by atoms with Crippen LogP contribution in [0.15, 0.2) is 35.7 Å². The first-order valence-corrected chi connectivity index (χ1v) is 7.66. The minimum Gasteiger partial charge on any atom is -0.508 e. The number of benzene rings is 1. The fraction of sp³-hybridized carbons (Fsp3) is 0.312. The average molecular weight is 305 g/mol. The van der Waals surface area contributed by atoms with E-state index in [2.05, 4.69) is 5.32 Å². The number of rotatable bonds is 6. The second kappa shape index (κ2) is 6.74. The molecule has 112 valence electrons. The van der Waals surface area contributed by atoms with Crippen LogP contribution >= 0.6 is 11.3 Å². The summed E-state index contributed by atoms with van der Waals surface area (Å²) in [5.41, 5.74) is 1.76. The molecule has 2 rings (SSSR count). The fourth-order valence-electron chi connectivity index (χ4n) is 2.32. The van der Waals surface area contributed by atoms with E-state index >= 15 is 0 Å². The maximum absolute atomic E-state index is 11.0. The van der Waals surface area contributed by atoms with Crippen LogP contribution in [0, 0.1) is 6.92 Å². The van der Waals surface area contributed by atoms with Crippen molar-refractivity contribution in [2.45, 2.75) is 32.4 Å². The molecule has 0 aliphatic heterocycles. The summed E-state index contributed by atoms with van der Waals surface area (Å²) in [5, 5.41) is 24.3. The van der Waals surface area contributed by atoms with Crippen molar-refractivity contribution in [3.63, 3.8) is 0 Å². The second-order valence-electron chi connectivity index (χ2n) is 5.12. The van der Waals surface area contributed by atoms with E-state index in [1.165, 1.54) is 11.3 Å². The highest BCUT2D eigenvalue weighted by molar-refractivity contribution is 7.10. The van der Waals surface area contributed by atoms with E-state index in [-0.39, 0.29) is 24.3 Å². The lowest BCUT2D eigenvalue weighted by Gasteiger charge is -2.22. The number of carboxylic acid groups (broad SMARTS) is 1. The smallest absolute Gasteiger partial charge is 0.305 e. The molecule has 0 fully saturated rings. The molecule has 0 spiro atoms. The van der Waals surface area contributed by atoms with Crippen molar-refractivity contribution < 1.29 is 15.0 Å². The number of nitrogens with one attached hydrogen (secondary N) is 1. The molecule has 0 saturated heterocycles. The zero-order chi connectivity index (χ0) is 15.4. The molecular formula is C16H19NO3S. The topological polar surface area (TPSA) is 69.6 Å². The number of aromatic hydroxyl groups is 1. The molecule has 0 aliphatic carbocycles. The van der Waals surface area contributed by atoms with E-state index < -0.39 is 5.97 Å². The van der Waals surface area contributed by atoms with Crippen LogP contribution in [0.3, 0.4) is 0 Å². The lowest BCUT2D eigenvalue weighted by molar-refractivity contribution is -0.137. The van der Waals surface area contributed by atoms with Crippen molar-refractivity contribution in [1.82, 2.24) is 5.32 Å². The van der Waals surface area contributed by atoms with Crippen molar-refractivity contribution in [3.05, 3.63) is 51.7 Å². The van der Waals surface area contributed by atoms with Gasteiger partial charge in [0.2, 0.25) is 0 Å². The molecule has 0 saturated carbocycles. The van der Waals surface area contributed by atoms with Crippen LogP contribution in [-0.2, 0) is 4.79 Å². The van der Waals surface area contributed by atoms with E-state index in [1.807, 2.05) is 43.5 Å². The number of carboxylic acids is 1. The van der Waals surface area contributed by atoms with Crippen LogP contribution in [0.1, 0.15) is 41.4 Å². The minimum atomic E-state index is -0.846. The molecule has 0 amide bonds. The molecule has 2 unspecified atom stereocenters. The Kier molecular flexibility index (Phi) is 4.98. The van der Waals surface area contributed by atoms with Gasteiger partial charge in [0.05, 0.1) is 12.5 Å². The number of hydrogen-bond acceptors (Lipinski definition) is 4. The van der Waals surface area contributed by atoms with Gasteiger partial charge >= 0.3 is 5.97 Å². The third kappa shape index (κ3) is 4.06. The van der Waals surface area contributed by atoms with E-state index in [9.17, 15) is 9.90 Å². The third-order valence-corrected chi connectivity index (χ3v) is 4.35. The molecule has 0 bridgehead atoms. The molecule has 2 atom stereocenters. The van der Waals surface area contributed by atoms with Crippen LogP contribution in [0.25, 0.3) is 0 Å². The molecule has 5 heteroatoms. The van der Waals surface area contributed by atoms with Crippen LogP contribution in [0.5, 0.6) is 5.75 Å². The van der Waals surface area contributed by atoms with Crippen molar-refractivity contribution in [2.24, 2.45) is 0 Å². The summed E-state index contributed by atoms with van der Waals surface area (Å²) < 4.78 is 0. The van der Waals surface area contributed by atoms with E-state index in [0.29, 0.717) is 0 Å². The van der Waals surface area contributed by atoms with Crippen LogP contribution in [0.4, 0.5) is 0 Å². The summed E-state index contributed by atoms with van der Waals surface area (Å²) in [6, 6.07) is 8.94. The number of phenols is 1. The Labute approximate surface area is 128 Å². The zero-order valence-electron chi connectivity index (χ0n) is 12.0. The molecule has 1 heterocycles. The minimum absolute atomic E-state index is 0.0114. The Bertz CT molecular complexity index is 610. The van der Waals surface area contributed by atoms with Gasteiger partial charge in [0.25, 0.3) is 0 Å². The van der Waals surface area contributed by atoms with E-state index in [4.69, 9.17) is 5.11 Å². The van der Waals surface area contributed by atoms with Gasteiger partial charge in [-0.3, -0.25) is 4.79 Å². The van der Waals surface area contributed by atoms with Crippen molar-refractivity contribution in [3.8, 4) is 5.75 Å². The molecule has 0 radical (unpaired) electrons. The van der Waals surface area contributed by atoms with Gasteiger partial charge in [-0.2, -0.15) is 0 Å². The molecule has 1 aromatic heterocycles. The number of aliphatic carboxylic acids is 1. The summed E-state index contributed by atoms with van der Waals surface area (Å²) in [6.45, 7) is 3.84. The summed E-state index contributed by atoms with van der Waals surface area (Å²) >= 11 is 1.53. The first kappa shape index (κ1) is 15.5. The Morgan fingerprint density at radius 2 is 2.14 bits per heavy atom. The summed E-state index contributed by atoms with van der Waals surface area (Å²) in [6.07, 6.45) is 0.0114. The van der Waals surface area contributed by atoms with Crippen LogP contribution in [0.2, 0.25) is 0 Å². The highest BCUT2D eigenvalue weighted by atomic mass is 32.1. The summed E-state index contributed by atoms with van der Waals surface area (Å²) in [7, 11) is 0. The summed E-state index contributed by atoms with van der Waals surface area (Å²) in [4.78, 5) is 12.0. The summed E-state index contributed by atoms with van der Waals surface area (Å²) in [5.74, 6) is -0.614. The Morgan fingerprint density at radius 1 is 1.38 bits per heavy atom. The molecule has 21 heavy (non-hydrogen) atoms. The Hall–Kier alpha value is -1.85. The number of thiophene rings is 1. The normalized spacial score (nSPS) is 13.8. The number of hydrogen-bond donors (Lipinski definition) is 3. The highest BCUT2D eigenvalue weighted by Gasteiger charge is 2.20. The van der Waals surface area contributed by atoms with Crippen molar-refractivity contribution in [2.75, 3.05) is 0 Å². The predicted molar refractivity (Wildman–Crippen MR) is 83.7 cm³/mol. The number of aryl methyl sites for hydroxylation is 1. The van der Waals surface area contributed by atoms with Gasteiger partial charge in [-0.05, 0) is 36.9 Å². The maximum Gasteiger partial charge on any atom is 0.305 e. The average Bonchev–Trinajstić information content (AvgIpc) is 2.90. The quantitative estimate of drug-likeness (QED) is 0.762. The van der Waals surface area contributed by atoms with Gasteiger partial charge in [-0.15, -0.1) is 11.3 Å².